The molecule has 10 heteroatoms. The van der Waals surface area contributed by atoms with E-state index in [1.165, 1.54) is 5.01 Å². The van der Waals surface area contributed by atoms with Crippen molar-refractivity contribution in [3.63, 3.8) is 0 Å². The van der Waals surface area contributed by atoms with Crippen molar-refractivity contribution >= 4 is 12.3 Å². The standard InChI is InChI=1S/C16H31N3O5.CO2/c1-15(2,3)18(11-12-22-14(20)23-16(4,5)6)19(21)17-24-13-9-7-8-10-13;2-1-3/h13H,7-12H2,1-6H3;/b19-17-;. The Hall–Kier alpha value is -2.35. The molecule has 0 spiro atoms. The van der Waals surface area contributed by atoms with Gasteiger partial charge in [0.2, 0.25) is 5.28 Å². The van der Waals surface area contributed by atoms with E-state index in [4.69, 9.17) is 23.9 Å². The quantitative estimate of drug-likeness (QED) is 0.294. The number of hydrogen-bond donors (Lipinski definition) is 0. The van der Waals surface area contributed by atoms with Crippen LogP contribution in [0.15, 0.2) is 5.28 Å². The van der Waals surface area contributed by atoms with E-state index in [0.29, 0.717) is 4.97 Å². The topological polar surface area (TPSA) is 121 Å². The van der Waals surface area contributed by atoms with E-state index >= 15 is 0 Å². The highest BCUT2D eigenvalue weighted by Crippen LogP contribution is 2.21. The molecule has 27 heavy (non-hydrogen) atoms. The van der Waals surface area contributed by atoms with Gasteiger partial charge in [-0.15, -0.1) is 5.01 Å². The average molecular weight is 389 g/mol. The lowest BCUT2D eigenvalue weighted by atomic mass is 10.1. The number of ether oxygens (including phenoxy) is 2. The molecule has 1 rings (SSSR count). The third-order valence-corrected chi connectivity index (χ3v) is 3.46. The molecular formula is C17H31N3O7. The highest BCUT2D eigenvalue weighted by Gasteiger charge is 2.30. The second kappa shape index (κ2) is 11.4. The van der Waals surface area contributed by atoms with E-state index in [0.717, 1.165) is 25.7 Å². The molecule has 0 N–H and O–H groups in total. The summed E-state index contributed by atoms with van der Waals surface area (Å²) in [6.07, 6.45) is 3.56. The second-order valence-electron chi connectivity index (χ2n) is 8.04. The Morgan fingerprint density at radius 2 is 1.70 bits per heavy atom. The largest absolute Gasteiger partial charge is 0.569 e. The predicted octanol–water partition coefficient (Wildman–Crippen LogP) is 3.21. The van der Waals surface area contributed by atoms with Gasteiger partial charge in [-0.05, 0) is 67.2 Å². The Balaban J connectivity index is 0.00000210. The summed E-state index contributed by atoms with van der Waals surface area (Å²) < 4.78 is 10.1. The first kappa shape index (κ1) is 24.7. The number of carbonyl (C=O) groups is 1. The van der Waals surface area contributed by atoms with Crippen molar-refractivity contribution in [1.82, 2.24) is 5.01 Å². The summed E-state index contributed by atoms with van der Waals surface area (Å²) in [6.45, 7) is 11.1. The van der Waals surface area contributed by atoms with Gasteiger partial charge in [0.15, 0.2) is 0 Å². The van der Waals surface area contributed by atoms with E-state index in [1.807, 2.05) is 20.8 Å². The fourth-order valence-corrected chi connectivity index (χ4v) is 2.32. The molecule has 0 heterocycles. The molecule has 0 bridgehead atoms. The molecule has 0 aromatic carbocycles. The lowest BCUT2D eigenvalue weighted by Crippen LogP contribution is -2.47. The predicted molar refractivity (Wildman–Crippen MR) is 93.0 cm³/mol. The van der Waals surface area contributed by atoms with E-state index in [9.17, 15) is 10.0 Å². The monoisotopic (exact) mass is 389 g/mol. The van der Waals surface area contributed by atoms with Crippen LogP contribution in [-0.2, 0) is 23.9 Å². The Labute approximate surface area is 159 Å². The van der Waals surface area contributed by atoms with E-state index < -0.39 is 17.3 Å². The molecular weight excluding hydrogens is 358 g/mol. The first-order valence-corrected chi connectivity index (χ1v) is 8.87. The third kappa shape index (κ3) is 11.8. The van der Waals surface area contributed by atoms with Gasteiger partial charge in [-0.3, -0.25) is 0 Å². The van der Waals surface area contributed by atoms with E-state index in [2.05, 4.69) is 5.28 Å². The SMILES string of the molecule is CC(C)(C)OC(=O)OCCN(/[N+]([O-])=N/OC1CCCC1)C(C)(C)C.O=C=O. The number of carbonyl (C=O) groups excluding carboxylic acids is 3. The highest BCUT2D eigenvalue weighted by molar-refractivity contribution is 5.60. The van der Waals surface area contributed by atoms with Crippen molar-refractivity contribution in [3.8, 4) is 0 Å². The summed E-state index contributed by atoms with van der Waals surface area (Å²) in [7, 11) is 0. The van der Waals surface area contributed by atoms with Crippen LogP contribution in [0.3, 0.4) is 0 Å². The molecule has 156 valence electrons. The van der Waals surface area contributed by atoms with Crippen molar-refractivity contribution in [2.75, 3.05) is 13.2 Å². The number of hydrazine groups is 1. The molecule has 0 aromatic heterocycles. The van der Waals surface area contributed by atoms with Crippen LogP contribution < -0.4 is 0 Å². The molecule has 0 amide bonds. The zero-order valence-electron chi connectivity index (χ0n) is 17.0. The van der Waals surface area contributed by atoms with Crippen LogP contribution in [-0.4, -0.2) is 52.7 Å². The molecule has 10 nitrogen and oxygen atoms in total. The fraction of sp³-hybridized carbons (Fsp3) is 0.882. The minimum Gasteiger partial charge on any atom is -0.569 e. The fourth-order valence-electron chi connectivity index (χ4n) is 2.32. The lowest BCUT2D eigenvalue weighted by Gasteiger charge is -2.30. The minimum atomic E-state index is -0.757. The Bertz CT molecular complexity index is 512. The Morgan fingerprint density at radius 1 is 1.19 bits per heavy atom. The molecule has 1 aliphatic carbocycles. The first-order valence-electron chi connectivity index (χ1n) is 8.87. The first-order chi connectivity index (χ1) is 12.4. The van der Waals surface area contributed by atoms with Crippen LogP contribution in [0.5, 0.6) is 0 Å². The van der Waals surface area contributed by atoms with Gasteiger partial charge in [0, 0.05) is 0 Å². The molecule has 0 aliphatic heterocycles. The zero-order valence-corrected chi connectivity index (χ0v) is 17.0. The van der Waals surface area contributed by atoms with Gasteiger partial charge in [0.1, 0.15) is 24.9 Å². The molecule has 1 fully saturated rings. The van der Waals surface area contributed by atoms with Crippen LogP contribution in [0.2, 0.25) is 0 Å². The van der Waals surface area contributed by atoms with Crippen molar-refractivity contribution in [2.24, 2.45) is 5.28 Å². The summed E-state index contributed by atoms with van der Waals surface area (Å²) in [4.78, 5) is 33.5. The van der Waals surface area contributed by atoms with E-state index in [1.54, 1.807) is 20.8 Å². The summed E-state index contributed by atoms with van der Waals surface area (Å²) in [5.74, 6) is 0. The zero-order chi connectivity index (χ0) is 21.1. The summed E-state index contributed by atoms with van der Waals surface area (Å²) in [5.41, 5.74) is -1.11. The maximum atomic E-state index is 12.2. The summed E-state index contributed by atoms with van der Waals surface area (Å²) in [5, 5.41) is 17.3. The van der Waals surface area contributed by atoms with Crippen LogP contribution in [0.4, 0.5) is 4.79 Å². The smallest absolute Gasteiger partial charge is 0.508 e. The van der Waals surface area contributed by atoms with Gasteiger partial charge in [-0.2, -0.15) is 9.59 Å². The van der Waals surface area contributed by atoms with Crippen LogP contribution >= 0.6 is 0 Å². The van der Waals surface area contributed by atoms with Gasteiger partial charge in [-0.25, -0.2) is 4.79 Å². The second-order valence-corrected chi connectivity index (χ2v) is 8.04. The summed E-state index contributed by atoms with van der Waals surface area (Å²) in [6, 6.07) is 0. The molecule has 0 unspecified atom stereocenters. The Morgan fingerprint density at radius 3 is 2.15 bits per heavy atom. The summed E-state index contributed by atoms with van der Waals surface area (Å²) >= 11 is 0. The van der Waals surface area contributed by atoms with Gasteiger partial charge in [-0.1, -0.05) is 0 Å². The van der Waals surface area contributed by atoms with Crippen LogP contribution in [0, 0.1) is 5.21 Å². The lowest BCUT2D eigenvalue weighted by molar-refractivity contribution is -0.726. The van der Waals surface area contributed by atoms with Gasteiger partial charge >= 0.3 is 12.3 Å². The third-order valence-electron chi connectivity index (χ3n) is 3.46. The maximum absolute atomic E-state index is 12.2. The van der Waals surface area contributed by atoms with Crippen molar-refractivity contribution < 1.29 is 33.7 Å². The van der Waals surface area contributed by atoms with Gasteiger partial charge in [0.05, 0.1) is 10.5 Å². The average Bonchev–Trinajstić information content (AvgIpc) is 3.00. The van der Waals surface area contributed by atoms with Gasteiger partial charge in [0.25, 0.3) is 0 Å². The van der Waals surface area contributed by atoms with Crippen molar-refractivity contribution in [1.29, 1.82) is 0 Å². The van der Waals surface area contributed by atoms with Gasteiger partial charge < -0.3 is 19.5 Å². The van der Waals surface area contributed by atoms with E-state index in [-0.39, 0.29) is 25.4 Å². The normalized spacial score (nSPS) is 15.3. The number of nitrogens with zero attached hydrogens (tertiary/aromatic N) is 3. The highest BCUT2D eigenvalue weighted by atomic mass is 16.7. The molecule has 0 aromatic rings. The van der Waals surface area contributed by atoms with Crippen molar-refractivity contribution in [3.05, 3.63) is 5.21 Å². The molecule has 1 saturated carbocycles. The Kier molecular flexibility index (Phi) is 10.4. The van der Waals surface area contributed by atoms with Crippen molar-refractivity contribution in [2.45, 2.75) is 84.5 Å². The van der Waals surface area contributed by atoms with Crippen LogP contribution in [0.25, 0.3) is 0 Å². The number of rotatable bonds is 6. The molecule has 0 atom stereocenters. The van der Waals surface area contributed by atoms with Crippen LogP contribution in [0.1, 0.15) is 67.2 Å². The molecule has 1 aliphatic rings. The minimum absolute atomic E-state index is 0.0151. The number of hydrogen-bond acceptors (Lipinski definition) is 8. The molecule has 0 radical (unpaired) electrons. The maximum Gasteiger partial charge on any atom is 0.508 e. The molecule has 0 saturated heterocycles.